The smallest absolute Gasteiger partial charge is 0.317 e. The molecule has 5 heteroatoms. The number of hydrogen-bond acceptors (Lipinski definition) is 2. The first kappa shape index (κ1) is 15.7. The fourth-order valence-corrected chi connectivity index (χ4v) is 1.63. The van der Waals surface area contributed by atoms with Gasteiger partial charge in [-0.1, -0.05) is 13.8 Å². The minimum atomic E-state index is -0.892. The van der Waals surface area contributed by atoms with Crippen LogP contribution < -0.4 is 5.32 Å². The van der Waals surface area contributed by atoms with Crippen molar-refractivity contribution < 1.29 is 14.7 Å². The third-order valence-corrected chi connectivity index (χ3v) is 2.73. The van der Waals surface area contributed by atoms with E-state index in [9.17, 15) is 9.59 Å². The van der Waals surface area contributed by atoms with Gasteiger partial charge >= 0.3 is 12.0 Å². The Morgan fingerprint density at radius 1 is 1.24 bits per heavy atom. The summed E-state index contributed by atoms with van der Waals surface area (Å²) in [5.74, 6) is -0.794. The normalized spacial score (nSPS) is 12.6. The van der Waals surface area contributed by atoms with E-state index in [2.05, 4.69) is 5.32 Å². The molecule has 0 aromatic carbocycles. The molecule has 0 rings (SSSR count). The molecule has 0 aliphatic rings. The van der Waals surface area contributed by atoms with E-state index in [1.807, 2.05) is 34.6 Å². The van der Waals surface area contributed by atoms with Crippen molar-refractivity contribution in [3.8, 4) is 0 Å². The minimum Gasteiger partial charge on any atom is -0.481 e. The molecule has 0 spiro atoms. The molecule has 0 aliphatic carbocycles. The molecule has 0 fully saturated rings. The Hall–Kier alpha value is -1.26. The molecule has 1 atom stereocenters. The van der Waals surface area contributed by atoms with Crippen LogP contribution in [0.3, 0.4) is 0 Å². The van der Waals surface area contributed by atoms with Crippen LogP contribution in [0.25, 0.3) is 0 Å². The van der Waals surface area contributed by atoms with Gasteiger partial charge in [0, 0.05) is 18.6 Å². The third kappa shape index (κ3) is 5.56. The maximum atomic E-state index is 11.9. The van der Waals surface area contributed by atoms with Crippen LogP contribution in [-0.2, 0) is 4.79 Å². The Kier molecular flexibility index (Phi) is 6.61. The van der Waals surface area contributed by atoms with Gasteiger partial charge in [-0.05, 0) is 26.7 Å². The zero-order valence-electron chi connectivity index (χ0n) is 11.4. The molecule has 0 saturated carbocycles. The molecule has 0 bridgehead atoms. The standard InChI is InChI=1S/C12H24N2O3/c1-6-14(9(4)5)12(17)13-10(8(2)3)7-11(15)16/h8-10H,6-7H2,1-5H3,(H,13,17)(H,15,16). The van der Waals surface area contributed by atoms with Crippen LogP contribution in [0, 0.1) is 5.92 Å². The van der Waals surface area contributed by atoms with E-state index in [0.29, 0.717) is 6.54 Å². The van der Waals surface area contributed by atoms with E-state index in [-0.39, 0.29) is 30.5 Å². The Morgan fingerprint density at radius 3 is 2.06 bits per heavy atom. The van der Waals surface area contributed by atoms with Crippen molar-refractivity contribution in [1.29, 1.82) is 0 Å². The Balaban J connectivity index is 4.53. The van der Waals surface area contributed by atoms with Crippen molar-refractivity contribution in [3.05, 3.63) is 0 Å². The predicted molar refractivity (Wildman–Crippen MR) is 66.9 cm³/mol. The summed E-state index contributed by atoms with van der Waals surface area (Å²) < 4.78 is 0. The maximum absolute atomic E-state index is 11.9. The quantitative estimate of drug-likeness (QED) is 0.750. The van der Waals surface area contributed by atoms with E-state index >= 15 is 0 Å². The van der Waals surface area contributed by atoms with E-state index in [1.165, 1.54) is 0 Å². The van der Waals surface area contributed by atoms with E-state index in [1.54, 1.807) is 4.90 Å². The fourth-order valence-electron chi connectivity index (χ4n) is 1.63. The molecular weight excluding hydrogens is 220 g/mol. The van der Waals surface area contributed by atoms with Crippen LogP contribution in [0.5, 0.6) is 0 Å². The predicted octanol–water partition coefficient (Wildman–Crippen LogP) is 1.93. The number of nitrogens with one attached hydrogen (secondary N) is 1. The minimum absolute atomic E-state index is 0.0426. The van der Waals surface area contributed by atoms with E-state index < -0.39 is 5.97 Å². The lowest BCUT2D eigenvalue weighted by molar-refractivity contribution is -0.137. The molecule has 0 heterocycles. The van der Waals surface area contributed by atoms with Gasteiger partial charge < -0.3 is 15.3 Å². The van der Waals surface area contributed by atoms with Gasteiger partial charge in [-0.2, -0.15) is 0 Å². The Labute approximate surface area is 103 Å². The first-order valence-corrected chi connectivity index (χ1v) is 6.08. The van der Waals surface area contributed by atoms with Gasteiger partial charge in [0.05, 0.1) is 6.42 Å². The summed E-state index contributed by atoms with van der Waals surface area (Å²) in [4.78, 5) is 24.3. The average molecular weight is 244 g/mol. The highest BCUT2D eigenvalue weighted by Crippen LogP contribution is 2.08. The largest absolute Gasteiger partial charge is 0.481 e. The molecule has 2 amide bonds. The van der Waals surface area contributed by atoms with Gasteiger partial charge in [0.25, 0.3) is 0 Å². The van der Waals surface area contributed by atoms with Crippen LogP contribution in [0.4, 0.5) is 4.79 Å². The molecular formula is C12H24N2O3. The van der Waals surface area contributed by atoms with Crippen LogP contribution in [0.15, 0.2) is 0 Å². The number of carbonyl (C=O) groups excluding carboxylic acids is 1. The molecule has 0 aromatic heterocycles. The molecule has 17 heavy (non-hydrogen) atoms. The summed E-state index contributed by atoms with van der Waals surface area (Å²) in [6.07, 6.45) is -0.0426. The first-order valence-electron chi connectivity index (χ1n) is 6.08. The monoisotopic (exact) mass is 244 g/mol. The van der Waals surface area contributed by atoms with Crippen LogP contribution in [-0.4, -0.2) is 40.6 Å². The zero-order valence-corrected chi connectivity index (χ0v) is 11.4. The molecule has 0 saturated heterocycles. The van der Waals surface area contributed by atoms with Gasteiger partial charge in [0.1, 0.15) is 0 Å². The highest BCUT2D eigenvalue weighted by molar-refractivity contribution is 5.76. The molecule has 2 N–H and O–H groups in total. The number of carboxylic acids is 1. The van der Waals surface area contributed by atoms with Gasteiger partial charge in [-0.25, -0.2) is 4.79 Å². The lowest BCUT2D eigenvalue weighted by Crippen LogP contribution is -2.49. The number of hydrogen-bond donors (Lipinski definition) is 2. The second-order valence-electron chi connectivity index (χ2n) is 4.78. The van der Waals surface area contributed by atoms with Crippen molar-refractivity contribution in [1.82, 2.24) is 10.2 Å². The first-order chi connectivity index (χ1) is 7.79. The maximum Gasteiger partial charge on any atom is 0.317 e. The average Bonchev–Trinajstić information content (AvgIpc) is 2.15. The number of rotatable bonds is 6. The second kappa shape index (κ2) is 7.14. The topological polar surface area (TPSA) is 69.6 Å². The molecule has 100 valence electrons. The molecule has 0 aromatic rings. The Bertz CT molecular complexity index is 264. The summed E-state index contributed by atoms with van der Waals surface area (Å²) in [6.45, 7) is 10.2. The third-order valence-electron chi connectivity index (χ3n) is 2.73. The van der Waals surface area contributed by atoms with Gasteiger partial charge in [-0.3, -0.25) is 4.79 Å². The van der Waals surface area contributed by atoms with Crippen LogP contribution in [0.1, 0.15) is 41.0 Å². The SMILES string of the molecule is CCN(C(=O)NC(CC(=O)O)C(C)C)C(C)C. The summed E-state index contributed by atoms with van der Waals surface area (Å²) in [7, 11) is 0. The number of urea groups is 1. The number of carboxylic acid groups (broad SMARTS) is 1. The fraction of sp³-hybridized carbons (Fsp3) is 0.833. The molecule has 0 aliphatic heterocycles. The van der Waals surface area contributed by atoms with E-state index in [0.717, 1.165) is 0 Å². The van der Waals surface area contributed by atoms with Crippen LogP contribution in [0.2, 0.25) is 0 Å². The van der Waals surface area contributed by atoms with Gasteiger partial charge in [0.2, 0.25) is 0 Å². The van der Waals surface area contributed by atoms with Crippen molar-refractivity contribution in [3.63, 3.8) is 0 Å². The summed E-state index contributed by atoms with van der Waals surface area (Å²) in [6, 6.07) is -0.409. The molecule has 1 unspecified atom stereocenters. The molecule has 5 nitrogen and oxygen atoms in total. The van der Waals surface area contributed by atoms with Gasteiger partial charge in [-0.15, -0.1) is 0 Å². The van der Waals surface area contributed by atoms with Gasteiger partial charge in [0.15, 0.2) is 0 Å². The number of nitrogens with zero attached hydrogens (tertiary/aromatic N) is 1. The number of amides is 2. The van der Waals surface area contributed by atoms with Crippen molar-refractivity contribution in [2.75, 3.05) is 6.54 Å². The summed E-state index contributed by atoms with van der Waals surface area (Å²) in [5, 5.41) is 11.6. The van der Waals surface area contributed by atoms with Crippen molar-refractivity contribution in [2.24, 2.45) is 5.92 Å². The van der Waals surface area contributed by atoms with Crippen LogP contribution >= 0.6 is 0 Å². The lowest BCUT2D eigenvalue weighted by atomic mass is 10.0. The lowest BCUT2D eigenvalue weighted by Gasteiger charge is -2.29. The van der Waals surface area contributed by atoms with Crippen molar-refractivity contribution in [2.45, 2.75) is 53.1 Å². The molecule has 0 radical (unpaired) electrons. The highest BCUT2D eigenvalue weighted by Gasteiger charge is 2.22. The number of carbonyl (C=O) groups is 2. The second-order valence-corrected chi connectivity index (χ2v) is 4.78. The van der Waals surface area contributed by atoms with E-state index in [4.69, 9.17) is 5.11 Å². The summed E-state index contributed by atoms with van der Waals surface area (Å²) >= 11 is 0. The Morgan fingerprint density at radius 2 is 1.76 bits per heavy atom. The summed E-state index contributed by atoms with van der Waals surface area (Å²) in [5.41, 5.74) is 0. The highest BCUT2D eigenvalue weighted by atomic mass is 16.4. The number of aliphatic carboxylic acids is 1. The van der Waals surface area contributed by atoms with Crippen molar-refractivity contribution >= 4 is 12.0 Å². The zero-order chi connectivity index (χ0) is 13.6.